The Morgan fingerprint density at radius 1 is 1.16 bits per heavy atom. The highest BCUT2D eigenvalue weighted by Gasteiger charge is 2.39. The maximum atomic E-state index is 12.8. The second-order valence-corrected chi connectivity index (χ2v) is 9.31. The van der Waals surface area contributed by atoms with Gasteiger partial charge in [-0.2, -0.15) is 0 Å². The lowest BCUT2D eigenvalue weighted by Gasteiger charge is -2.18. The normalized spacial score (nSPS) is 18.1. The molecule has 158 valence electrons. The van der Waals surface area contributed by atoms with Gasteiger partial charge >= 0.3 is 11.9 Å². The summed E-state index contributed by atoms with van der Waals surface area (Å²) in [6.07, 6.45) is 3.49. The molecule has 1 N–H and O–H groups in total. The number of carbonyl (C=O) groups is 2. The van der Waals surface area contributed by atoms with Crippen LogP contribution in [-0.2, 0) is 16.1 Å². The number of thioether (sulfide) groups is 2. The van der Waals surface area contributed by atoms with Crippen LogP contribution in [0.15, 0.2) is 77.5 Å². The number of hydrogen-bond acceptors (Lipinski definition) is 6. The molecule has 0 aromatic heterocycles. The number of ether oxygens (including phenoxy) is 1. The van der Waals surface area contributed by atoms with Crippen molar-refractivity contribution in [1.29, 1.82) is 0 Å². The van der Waals surface area contributed by atoms with Crippen LogP contribution < -0.4 is 9.64 Å². The van der Waals surface area contributed by atoms with Crippen LogP contribution in [0.3, 0.4) is 0 Å². The number of amides is 1. The van der Waals surface area contributed by atoms with E-state index in [1.54, 1.807) is 12.2 Å². The Kier molecular flexibility index (Phi) is 6.48. The highest BCUT2D eigenvalue weighted by atomic mass is 32.2. The van der Waals surface area contributed by atoms with Crippen LogP contribution in [-0.4, -0.2) is 38.2 Å². The summed E-state index contributed by atoms with van der Waals surface area (Å²) in [5.41, 5.74) is 2.10. The molecule has 0 saturated heterocycles. The van der Waals surface area contributed by atoms with E-state index in [0.29, 0.717) is 21.7 Å². The summed E-state index contributed by atoms with van der Waals surface area (Å²) in [6.45, 7) is 2.25. The number of hydrogen-bond donors (Lipinski definition) is 1. The molecule has 2 aliphatic heterocycles. The lowest BCUT2D eigenvalue weighted by atomic mass is 10.2. The summed E-state index contributed by atoms with van der Waals surface area (Å²) in [7, 11) is 0. The van der Waals surface area contributed by atoms with Crippen molar-refractivity contribution in [3.63, 3.8) is 0 Å². The van der Waals surface area contributed by atoms with E-state index in [1.807, 2.05) is 49.4 Å². The largest absolute Gasteiger partial charge is 0.477 e. The van der Waals surface area contributed by atoms with Gasteiger partial charge < -0.3 is 14.7 Å². The van der Waals surface area contributed by atoms with Crippen molar-refractivity contribution in [2.75, 3.05) is 17.2 Å². The molecular weight excluding hydrogens is 432 g/mol. The smallest absolute Gasteiger partial charge is 0.428 e. The van der Waals surface area contributed by atoms with Gasteiger partial charge in [-0.3, -0.25) is 0 Å². The fourth-order valence-corrected chi connectivity index (χ4v) is 5.46. The van der Waals surface area contributed by atoms with Crippen molar-refractivity contribution in [1.82, 2.24) is 0 Å². The molecule has 0 saturated carbocycles. The van der Waals surface area contributed by atoms with Gasteiger partial charge in [-0.25, -0.2) is 9.59 Å². The second-order valence-electron chi connectivity index (χ2n) is 6.76. The Labute approximate surface area is 188 Å². The third kappa shape index (κ3) is 4.70. The molecule has 2 heterocycles. The molecule has 0 unspecified atom stereocenters. The van der Waals surface area contributed by atoms with E-state index in [4.69, 9.17) is 9.84 Å². The molecule has 1 amide bonds. The molecular formula is C23H21N2O4S2+. The average Bonchev–Trinajstić information content (AvgIpc) is 3.25. The number of allylic oxidation sites excluding steroid dienone is 2. The zero-order valence-corrected chi connectivity index (χ0v) is 18.5. The highest BCUT2D eigenvalue weighted by molar-refractivity contribution is 8.40. The van der Waals surface area contributed by atoms with E-state index in [2.05, 4.69) is 17.0 Å². The monoisotopic (exact) mass is 453 g/mol. The van der Waals surface area contributed by atoms with Crippen LogP contribution >= 0.6 is 23.5 Å². The minimum atomic E-state index is -1.04. The number of nitrogens with zero attached hydrogens (tertiary/aromatic N) is 2. The molecule has 31 heavy (non-hydrogen) atoms. The Morgan fingerprint density at radius 2 is 1.90 bits per heavy atom. The van der Waals surface area contributed by atoms with Gasteiger partial charge in [0.05, 0.1) is 12.2 Å². The van der Waals surface area contributed by atoms with Crippen LogP contribution in [0.25, 0.3) is 0 Å². The Morgan fingerprint density at radius 3 is 2.65 bits per heavy atom. The van der Waals surface area contributed by atoms with Crippen LogP contribution in [0.5, 0.6) is 5.75 Å². The number of rotatable bonds is 6. The lowest BCUT2D eigenvalue weighted by molar-refractivity contribution is -0.429. The molecule has 0 aliphatic carbocycles. The number of carboxylic acid groups (broad SMARTS) is 1. The summed E-state index contributed by atoms with van der Waals surface area (Å²) in [4.78, 5) is 26.5. The number of fused-ring (bicyclic) bond motifs is 1. The highest BCUT2D eigenvalue weighted by Crippen LogP contribution is 2.40. The molecule has 0 radical (unpaired) electrons. The van der Waals surface area contributed by atoms with Gasteiger partial charge in [0.1, 0.15) is 4.91 Å². The molecule has 0 fully saturated rings. The standard InChI is InChI=1S/C23H20N2O4S2/c1-2-30-23-25(15-21(26)27)22(28)19(31-23)12-13-20-24(14-16-8-4-3-5-9-16)17-10-6-7-11-18(17)29-20/h3-13H,2,14-15H2,1H3/p+1/b19-12+,20-13+. The van der Waals surface area contributed by atoms with Gasteiger partial charge in [0.15, 0.2) is 5.75 Å². The van der Waals surface area contributed by atoms with Crippen molar-refractivity contribution in [3.05, 3.63) is 83.1 Å². The van der Waals surface area contributed by atoms with Crippen LogP contribution in [0.4, 0.5) is 5.69 Å². The first kappa shape index (κ1) is 21.3. The van der Waals surface area contributed by atoms with Crippen molar-refractivity contribution in [2.24, 2.45) is 0 Å². The first-order valence-electron chi connectivity index (χ1n) is 9.78. The molecule has 0 bridgehead atoms. The molecule has 4 rings (SSSR count). The molecule has 2 aromatic rings. The molecule has 2 aliphatic rings. The maximum absolute atomic E-state index is 12.8. The third-order valence-corrected chi connectivity index (χ3v) is 6.92. The molecule has 6 nitrogen and oxygen atoms in total. The van der Waals surface area contributed by atoms with Crippen molar-refractivity contribution < 1.29 is 24.0 Å². The second kappa shape index (κ2) is 9.45. The van der Waals surface area contributed by atoms with Gasteiger partial charge in [0.25, 0.3) is 4.38 Å². The quantitative estimate of drug-likeness (QED) is 0.517. The van der Waals surface area contributed by atoms with E-state index in [0.717, 1.165) is 22.8 Å². The van der Waals surface area contributed by atoms with Gasteiger partial charge in [0.2, 0.25) is 12.4 Å². The first-order chi connectivity index (χ1) is 15.1. The topological polar surface area (TPSA) is 69.8 Å². The van der Waals surface area contributed by atoms with E-state index < -0.39 is 5.97 Å². The van der Waals surface area contributed by atoms with Crippen molar-refractivity contribution >= 4 is 45.5 Å². The van der Waals surface area contributed by atoms with E-state index in [1.165, 1.54) is 28.1 Å². The number of anilines is 1. The molecule has 8 heteroatoms. The predicted octanol–water partition coefficient (Wildman–Crippen LogP) is 4.29. The van der Waals surface area contributed by atoms with E-state index in [-0.39, 0.29) is 12.5 Å². The molecule has 2 aromatic carbocycles. The van der Waals surface area contributed by atoms with Crippen LogP contribution in [0.2, 0.25) is 0 Å². The Hall–Kier alpha value is -2.97. The fourth-order valence-electron chi connectivity index (χ4n) is 3.27. The van der Waals surface area contributed by atoms with Crippen LogP contribution in [0, 0.1) is 0 Å². The zero-order valence-electron chi connectivity index (χ0n) is 16.9. The maximum Gasteiger partial charge on any atom is 0.428 e. The first-order valence-corrected chi connectivity index (χ1v) is 11.6. The summed E-state index contributed by atoms with van der Waals surface area (Å²) in [5, 5.41) is 9.16. The number of para-hydroxylation sites is 2. The van der Waals surface area contributed by atoms with Gasteiger partial charge in [-0.05, 0) is 47.3 Å². The summed E-state index contributed by atoms with van der Waals surface area (Å²) < 4.78 is 8.06. The minimum absolute atomic E-state index is 0.301. The van der Waals surface area contributed by atoms with Gasteiger partial charge in [-0.15, -0.1) is 4.58 Å². The lowest BCUT2D eigenvalue weighted by Crippen LogP contribution is -2.26. The minimum Gasteiger partial charge on any atom is -0.477 e. The van der Waals surface area contributed by atoms with E-state index in [9.17, 15) is 9.59 Å². The zero-order chi connectivity index (χ0) is 21.8. The number of carbonyl (C=O) groups excluding carboxylic acids is 1. The fraction of sp³-hybridized carbons (Fsp3) is 0.174. The predicted molar refractivity (Wildman–Crippen MR) is 124 cm³/mol. The van der Waals surface area contributed by atoms with E-state index >= 15 is 0 Å². The summed E-state index contributed by atoms with van der Waals surface area (Å²) >= 11 is 2.77. The summed E-state index contributed by atoms with van der Waals surface area (Å²) in [5.74, 6) is 0.794. The number of carboxylic acids is 1. The Bertz CT molecular complexity index is 1110. The SMILES string of the molecule is CCSC1=[N+](CC(=O)O)C(=O)/C(=C\C=C2\Oc3ccccc3N2Cc2ccccc2)S1. The van der Waals surface area contributed by atoms with Crippen LogP contribution in [0.1, 0.15) is 12.5 Å². The van der Waals surface area contributed by atoms with Gasteiger partial charge in [-0.1, -0.05) is 49.4 Å². The Balaban J connectivity index is 1.62. The molecule has 0 atom stereocenters. The third-order valence-electron chi connectivity index (χ3n) is 4.63. The average molecular weight is 454 g/mol. The summed E-state index contributed by atoms with van der Waals surface area (Å²) in [6, 6.07) is 17.9. The number of benzene rings is 2. The van der Waals surface area contributed by atoms with Gasteiger partial charge in [0, 0.05) is 11.8 Å². The molecule has 0 spiro atoms. The van der Waals surface area contributed by atoms with Crippen molar-refractivity contribution in [2.45, 2.75) is 13.5 Å². The van der Waals surface area contributed by atoms with Crippen molar-refractivity contribution in [3.8, 4) is 5.75 Å². The number of aliphatic carboxylic acids is 1.